The molecular formula is C54H97N7O24. The molecule has 0 aromatic heterocycles. The number of amides is 7. The standard InChI is InChI=1S/C54H97N7O24/c1-31(2)82-30-35(68)51(78)61(21-13-19-56-40(70)16-7-10-25-80-53-43(58-33(4)66)49(76)46(73)37(28-63)84-53)23-14-22-60(41(71)17-8-11-26-81-54-44(59-34(5)67)50(77)47(74)38(29-64)85-54)20-12-18-55-39(69)15-6-9-24-79-52-42(57-32(3)65)48(75)45(72)36(27-62)83-52/h31,35-38,42-50,52-54,62-64,68,72-77H,6-30H2,1-5H3,(H,55,69)(H,56,70)(H,57,65)(H,58,66)(H,59,67). The summed E-state index contributed by atoms with van der Waals surface area (Å²) >= 11 is 0. The topological polar surface area (TPSA) is 453 Å². The third-order valence-electron chi connectivity index (χ3n) is 14.2. The van der Waals surface area contributed by atoms with Crippen LogP contribution in [0.15, 0.2) is 0 Å². The minimum Gasteiger partial charge on any atom is -0.394 e. The first kappa shape index (κ1) is 74.9. The Morgan fingerprint density at radius 3 is 1.16 bits per heavy atom. The predicted octanol–water partition coefficient (Wildman–Crippen LogP) is -5.78. The van der Waals surface area contributed by atoms with Gasteiger partial charge in [-0.05, 0) is 71.6 Å². The molecule has 15 N–H and O–H groups in total. The van der Waals surface area contributed by atoms with Gasteiger partial charge in [-0.1, -0.05) is 0 Å². The number of aliphatic hydroxyl groups excluding tert-OH is 10. The fourth-order valence-corrected chi connectivity index (χ4v) is 9.63. The molecule has 0 saturated carbocycles. The molecule has 0 aliphatic carbocycles. The Kier molecular flexibility index (Phi) is 35.4. The Morgan fingerprint density at radius 2 is 0.812 bits per heavy atom. The van der Waals surface area contributed by atoms with Gasteiger partial charge in [0.1, 0.15) is 73.1 Å². The summed E-state index contributed by atoms with van der Waals surface area (Å²) in [6, 6.07) is -3.35. The van der Waals surface area contributed by atoms with Crippen molar-refractivity contribution in [2.75, 3.05) is 85.5 Å². The zero-order valence-corrected chi connectivity index (χ0v) is 49.6. The highest BCUT2D eigenvalue weighted by atomic mass is 16.7. The number of carbonyl (C=O) groups is 7. The van der Waals surface area contributed by atoms with Gasteiger partial charge < -0.3 is 121 Å². The van der Waals surface area contributed by atoms with E-state index in [1.54, 1.807) is 18.7 Å². The molecule has 0 spiro atoms. The number of hydrogen-bond acceptors (Lipinski definition) is 24. The SMILES string of the molecule is CC(=O)NC1C(OCCCCC(=O)NCCCN(CCCN(CCCNC(=O)CCCCOC2OC(CO)C(O)C(O)C2NC(C)=O)C(=O)C(O)COC(C)C)C(=O)CCCCOC2OC(CO)C(O)C(O)C2NC(C)=O)OC(CO)C(O)C1O. The van der Waals surface area contributed by atoms with Gasteiger partial charge in [0.05, 0.1) is 32.5 Å². The van der Waals surface area contributed by atoms with Crippen LogP contribution in [0.25, 0.3) is 0 Å². The minimum absolute atomic E-state index is 0.0110. The molecular weight excluding hydrogens is 1130 g/mol. The maximum Gasteiger partial charge on any atom is 0.253 e. The van der Waals surface area contributed by atoms with E-state index in [-0.39, 0.29) is 115 Å². The number of unbranched alkanes of at least 4 members (excludes halogenated alkanes) is 3. The average molecular weight is 1230 g/mol. The van der Waals surface area contributed by atoms with Gasteiger partial charge in [0.2, 0.25) is 35.4 Å². The zero-order chi connectivity index (χ0) is 63.2. The Labute approximate surface area is 495 Å². The number of aliphatic hydroxyl groups is 10. The lowest BCUT2D eigenvalue weighted by Crippen LogP contribution is -2.64. The van der Waals surface area contributed by atoms with Crippen LogP contribution in [0.5, 0.6) is 0 Å². The number of rotatable bonds is 40. The van der Waals surface area contributed by atoms with Crippen LogP contribution in [0.4, 0.5) is 0 Å². The second-order valence-electron chi connectivity index (χ2n) is 21.6. The van der Waals surface area contributed by atoms with Crippen LogP contribution in [0.1, 0.15) is 112 Å². The molecule has 0 bridgehead atoms. The minimum atomic E-state index is -1.50. The molecule has 31 nitrogen and oxygen atoms in total. The van der Waals surface area contributed by atoms with Crippen molar-refractivity contribution in [3.05, 3.63) is 0 Å². The molecule has 85 heavy (non-hydrogen) atoms. The van der Waals surface area contributed by atoms with Gasteiger partial charge >= 0.3 is 0 Å². The molecule has 3 aliphatic heterocycles. The number of ether oxygens (including phenoxy) is 7. The van der Waals surface area contributed by atoms with Crippen LogP contribution in [-0.4, -0.2) is 292 Å². The lowest BCUT2D eigenvalue weighted by Gasteiger charge is -2.42. The van der Waals surface area contributed by atoms with E-state index >= 15 is 0 Å². The van der Waals surface area contributed by atoms with Crippen LogP contribution in [0.3, 0.4) is 0 Å². The van der Waals surface area contributed by atoms with Crippen molar-refractivity contribution in [2.24, 2.45) is 0 Å². The van der Waals surface area contributed by atoms with Crippen molar-refractivity contribution >= 4 is 41.4 Å². The van der Waals surface area contributed by atoms with E-state index in [4.69, 9.17) is 33.2 Å². The summed E-state index contributed by atoms with van der Waals surface area (Å²) in [6.45, 7) is 6.16. The van der Waals surface area contributed by atoms with Crippen molar-refractivity contribution in [1.29, 1.82) is 0 Å². The van der Waals surface area contributed by atoms with Gasteiger partial charge in [-0.2, -0.15) is 0 Å². The molecule has 16 atom stereocenters. The van der Waals surface area contributed by atoms with E-state index < -0.39 is 141 Å². The first-order chi connectivity index (χ1) is 40.4. The fraction of sp³-hybridized carbons (Fsp3) is 0.870. The molecule has 3 saturated heterocycles. The third-order valence-corrected chi connectivity index (χ3v) is 14.2. The van der Waals surface area contributed by atoms with E-state index in [0.717, 1.165) is 0 Å². The summed E-state index contributed by atoms with van der Waals surface area (Å²) in [5.74, 6) is -2.95. The largest absolute Gasteiger partial charge is 0.394 e. The summed E-state index contributed by atoms with van der Waals surface area (Å²) in [4.78, 5) is 91.6. The molecule has 0 radical (unpaired) electrons. The van der Waals surface area contributed by atoms with Gasteiger partial charge in [0.25, 0.3) is 5.91 Å². The van der Waals surface area contributed by atoms with Gasteiger partial charge in [0, 0.05) is 99.1 Å². The Balaban J connectivity index is 1.57. The molecule has 0 aromatic carbocycles. The molecule has 3 aliphatic rings. The van der Waals surface area contributed by atoms with Crippen LogP contribution in [0, 0.1) is 0 Å². The molecule has 7 amide bonds. The summed E-state index contributed by atoms with van der Waals surface area (Å²) in [7, 11) is 0. The van der Waals surface area contributed by atoms with Gasteiger partial charge in [-0.3, -0.25) is 33.6 Å². The monoisotopic (exact) mass is 1230 g/mol. The smallest absolute Gasteiger partial charge is 0.253 e. The van der Waals surface area contributed by atoms with E-state index in [1.807, 2.05) is 0 Å². The lowest BCUT2D eigenvalue weighted by atomic mass is 9.97. The normalized spacial score (nSPS) is 28.0. The molecule has 492 valence electrons. The maximum absolute atomic E-state index is 13.9. The Bertz CT molecular complexity index is 2000. The van der Waals surface area contributed by atoms with Gasteiger partial charge in [0.15, 0.2) is 25.0 Å². The highest BCUT2D eigenvalue weighted by Crippen LogP contribution is 2.25. The summed E-state index contributed by atoms with van der Waals surface area (Å²) < 4.78 is 39.5. The highest BCUT2D eigenvalue weighted by Gasteiger charge is 2.48. The summed E-state index contributed by atoms with van der Waals surface area (Å²) in [5, 5.41) is 115. The number of nitrogens with zero attached hydrogens (tertiary/aromatic N) is 2. The number of hydrogen-bond donors (Lipinski definition) is 15. The molecule has 3 fully saturated rings. The Hall–Kier alpha value is -4.39. The fourth-order valence-electron chi connectivity index (χ4n) is 9.63. The molecule has 3 rings (SSSR count). The summed E-state index contributed by atoms with van der Waals surface area (Å²) in [5.41, 5.74) is 0. The van der Waals surface area contributed by atoms with Crippen LogP contribution in [0.2, 0.25) is 0 Å². The van der Waals surface area contributed by atoms with Crippen molar-refractivity contribution < 1.29 is 118 Å². The van der Waals surface area contributed by atoms with Crippen molar-refractivity contribution in [1.82, 2.24) is 36.4 Å². The second kappa shape index (κ2) is 40.2. The third kappa shape index (κ3) is 26.5. The van der Waals surface area contributed by atoms with Crippen molar-refractivity contribution in [3.63, 3.8) is 0 Å². The van der Waals surface area contributed by atoms with Crippen LogP contribution in [-0.2, 0) is 66.7 Å². The van der Waals surface area contributed by atoms with Crippen LogP contribution < -0.4 is 26.6 Å². The molecule has 16 unspecified atom stereocenters. The average Bonchev–Trinajstić information content (AvgIpc) is 3.63. The number of nitrogens with one attached hydrogen (secondary N) is 5. The van der Waals surface area contributed by atoms with E-state index in [1.165, 1.54) is 25.7 Å². The Morgan fingerprint density at radius 1 is 0.471 bits per heavy atom. The van der Waals surface area contributed by atoms with E-state index in [0.29, 0.717) is 51.4 Å². The van der Waals surface area contributed by atoms with Gasteiger partial charge in [-0.15, -0.1) is 0 Å². The molecule has 0 aromatic rings. The quantitative estimate of drug-likeness (QED) is 0.0254. The predicted molar refractivity (Wildman–Crippen MR) is 296 cm³/mol. The first-order valence-corrected chi connectivity index (χ1v) is 29.4. The van der Waals surface area contributed by atoms with Crippen molar-refractivity contribution in [2.45, 2.75) is 216 Å². The van der Waals surface area contributed by atoms with E-state index in [2.05, 4.69) is 26.6 Å². The van der Waals surface area contributed by atoms with Crippen LogP contribution >= 0.6 is 0 Å². The van der Waals surface area contributed by atoms with Gasteiger partial charge in [-0.25, -0.2) is 0 Å². The first-order valence-electron chi connectivity index (χ1n) is 29.4. The van der Waals surface area contributed by atoms with E-state index in [9.17, 15) is 84.6 Å². The molecule has 31 heteroatoms. The summed E-state index contributed by atoms with van der Waals surface area (Å²) in [6.07, 6.45) is -14.4. The van der Waals surface area contributed by atoms with Crippen molar-refractivity contribution in [3.8, 4) is 0 Å². The number of carbonyl (C=O) groups excluding carboxylic acids is 7. The zero-order valence-electron chi connectivity index (χ0n) is 49.6. The highest BCUT2D eigenvalue weighted by molar-refractivity contribution is 5.81. The maximum atomic E-state index is 13.9. The second-order valence-corrected chi connectivity index (χ2v) is 21.6. The molecule has 3 heterocycles. The lowest BCUT2D eigenvalue weighted by molar-refractivity contribution is -0.270.